The summed E-state index contributed by atoms with van der Waals surface area (Å²) in [5.74, 6) is -0.982. The number of ether oxygens (including phenoxy) is 1. The average molecular weight is 206 g/mol. The average Bonchev–Trinajstić information content (AvgIpc) is 2.27. The molecule has 0 spiro atoms. The Morgan fingerprint density at radius 1 is 1.47 bits per heavy atom. The van der Waals surface area contributed by atoms with Crippen molar-refractivity contribution >= 4 is 17.6 Å². The predicted octanol–water partition coefficient (Wildman–Crippen LogP) is 0.749. The van der Waals surface area contributed by atoms with Crippen LogP contribution in [0.25, 0.3) is 0 Å². The van der Waals surface area contributed by atoms with Crippen LogP contribution in [0.1, 0.15) is 0 Å². The number of pyridine rings is 1. The van der Waals surface area contributed by atoms with Gasteiger partial charge in [-0.15, -0.1) is 0 Å². The van der Waals surface area contributed by atoms with Crippen molar-refractivity contribution in [2.75, 3.05) is 12.4 Å². The number of hydrogen-bond donors (Lipinski definition) is 1. The van der Waals surface area contributed by atoms with Crippen molar-refractivity contribution in [3.8, 4) is 0 Å². The van der Waals surface area contributed by atoms with Gasteiger partial charge in [0.25, 0.3) is 0 Å². The standard InChI is InChI=1S/C10H10N2O3/c1-15-10(14)5-4-9(13)12-8-3-2-6-11-7-8/h2-7H,1H3,(H,12,13)/b5-4+. The molecule has 0 fully saturated rings. The Morgan fingerprint density at radius 2 is 2.27 bits per heavy atom. The van der Waals surface area contributed by atoms with E-state index in [4.69, 9.17) is 0 Å². The molecule has 1 amide bonds. The highest BCUT2D eigenvalue weighted by Crippen LogP contribution is 2.01. The molecule has 0 saturated carbocycles. The van der Waals surface area contributed by atoms with E-state index in [0.29, 0.717) is 5.69 Å². The monoisotopic (exact) mass is 206 g/mol. The van der Waals surface area contributed by atoms with E-state index in [9.17, 15) is 9.59 Å². The fourth-order valence-corrected chi connectivity index (χ4v) is 0.832. The summed E-state index contributed by atoms with van der Waals surface area (Å²) >= 11 is 0. The summed E-state index contributed by atoms with van der Waals surface area (Å²) in [6.45, 7) is 0. The van der Waals surface area contributed by atoms with Gasteiger partial charge in [-0.1, -0.05) is 0 Å². The van der Waals surface area contributed by atoms with Crippen LogP contribution in [0.15, 0.2) is 36.7 Å². The van der Waals surface area contributed by atoms with E-state index < -0.39 is 11.9 Å². The molecule has 1 rings (SSSR count). The number of nitrogens with zero attached hydrogens (tertiary/aromatic N) is 1. The van der Waals surface area contributed by atoms with E-state index in [1.165, 1.54) is 13.3 Å². The molecule has 0 aliphatic heterocycles. The number of anilines is 1. The Balaban J connectivity index is 2.50. The molecule has 1 aromatic rings. The third-order valence-electron chi connectivity index (χ3n) is 1.50. The van der Waals surface area contributed by atoms with Crippen LogP contribution in [0.3, 0.4) is 0 Å². The lowest BCUT2D eigenvalue weighted by Crippen LogP contribution is -2.09. The summed E-state index contributed by atoms with van der Waals surface area (Å²) in [4.78, 5) is 25.7. The first-order valence-electron chi connectivity index (χ1n) is 4.19. The molecular weight excluding hydrogens is 196 g/mol. The second-order valence-electron chi connectivity index (χ2n) is 2.59. The minimum absolute atomic E-state index is 0.409. The first-order chi connectivity index (χ1) is 7.22. The molecule has 1 heterocycles. The summed E-state index contributed by atoms with van der Waals surface area (Å²) < 4.78 is 4.33. The number of hydrogen-bond acceptors (Lipinski definition) is 4. The lowest BCUT2D eigenvalue weighted by atomic mass is 10.4. The number of amides is 1. The maximum Gasteiger partial charge on any atom is 0.330 e. The van der Waals surface area contributed by atoms with Gasteiger partial charge in [0.05, 0.1) is 19.0 Å². The number of nitrogens with one attached hydrogen (secondary N) is 1. The summed E-state index contributed by atoms with van der Waals surface area (Å²) in [5.41, 5.74) is 0.567. The highest BCUT2D eigenvalue weighted by atomic mass is 16.5. The molecule has 5 nitrogen and oxygen atoms in total. The maximum absolute atomic E-state index is 11.2. The number of esters is 1. The van der Waals surface area contributed by atoms with Crippen molar-refractivity contribution in [2.24, 2.45) is 0 Å². The van der Waals surface area contributed by atoms with E-state index in [1.54, 1.807) is 18.3 Å². The molecule has 15 heavy (non-hydrogen) atoms. The fraction of sp³-hybridized carbons (Fsp3) is 0.100. The largest absolute Gasteiger partial charge is 0.466 e. The predicted molar refractivity (Wildman–Crippen MR) is 54.0 cm³/mol. The number of rotatable bonds is 3. The molecule has 0 radical (unpaired) electrons. The van der Waals surface area contributed by atoms with Gasteiger partial charge in [-0.05, 0) is 12.1 Å². The molecule has 0 aliphatic carbocycles. The zero-order valence-corrected chi connectivity index (χ0v) is 8.14. The van der Waals surface area contributed by atoms with Gasteiger partial charge in [0, 0.05) is 18.3 Å². The van der Waals surface area contributed by atoms with Gasteiger partial charge in [0.2, 0.25) is 5.91 Å². The molecule has 0 bridgehead atoms. The molecule has 78 valence electrons. The van der Waals surface area contributed by atoms with Crippen molar-refractivity contribution in [2.45, 2.75) is 0 Å². The van der Waals surface area contributed by atoms with Crippen molar-refractivity contribution in [3.05, 3.63) is 36.7 Å². The molecule has 5 heteroatoms. The summed E-state index contributed by atoms with van der Waals surface area (Å²) in [6, 6.07) is 3.39. The van der Waals surface area contributed by atoms with Crippen LogP contribution in [-0.4, -0.2) is 24.0 Å². The van der Waals surface area contributed by atoms with E-state index in [2.05, 4.69) is 15.0 Å². The SMILES string of the molecule is COC(=O)/C=C/C(=O)Nc1cccnc1. The molecule has 0 saturated heterocycles. The number of methoxy groups -OCH3 is 1. The zero-order chi connectivity index (χ0) is 11.1. The normalized spacial score (nSPS) is 9.93. The summed E-state index contributed by atoms with van der Waals surface area (Å²) in [6.07, 6.45) is 5.24. The Morgan fingerprint density at radius 3 is 2.87 bits per heavy atom. The number of carbonyl (C=O) groups is 2. The second-order valence-corrected chi connectivity index (χ2v) is 2.59. The Kier molecular flexibility index (Phi) is 4.03. The van der Waals surface area contributed by atoms with Crippen molar-refractivity contribution in [3.63, 3.8) is 0 Å². The highest BCUT2D eigenvalue weighted by Gasteiger charge is 1.98. The van der Waals surface area contributed by atoms with Crippen LogP contribution in [0, 0.1) is 0 Å². The quantitative estimate of drug-likeness (QED) is 0.585. The van der Waals surface area contributed by atoms with E-state index in [0.717, 1.165) is 12.2 Å². The molecule has 0 aliphatic rings. The van der Waals surface area contributed by atoms with Gasteiger partial charge in [-0.3, -0.25) is 9.78 Å². The van der Waals surface area contributed by atoms with E-state index in [1.807, 2.05) is 0 Å². The van der Waals surface area contributed by atoms with Crippen LogP contribution >= 0.6 is 0 Å². The number of aromatic nitrogens is 1. The van der Waals surface area contributed by atoms with Crippen molar-refractivity contribution in [1.82, 2.24) is 4.98 Å². The van der Waals surface area contributed by atoms with Gasteiger partial charge in [-0.25, -0.2) is 4.79 Å². The van der Waals surface area contributed by atoms with Gasteiger partial charge in [0.15, 0.2) is 0 Å². The third kappa shape index (κ3) is 4.04. The van der Waals surface area contributed by atoms with Gasteiger partial charge in [-0.2, -0.15) is 0 Å². The van der Waals surface area contributed by atoms with Crippen LogP contribution in [-0.2, 0) is 14.3 Å². The topological polar surface area (TPSA) is 68.3 Å². The maximum atomic E-state index is 11.2. The minimum atomic E-state index is -0.573. The summed E-state index contributed by atoms with van der Waals surface area (Å²) in [5, 5.41) is 2.53. The molecule has 0 unspecified atom stereocenters. The van der Waals surface area contributed by atoms with E-state index in [-0.39, 0.29) is 0 Å². The Bertz CT molecular complexity index is 374. The molecular formula is C10H10N2O3. The van der Waals surface area contributed by atoms with Crippen LogP contribution in [0.5, 0.6) is 0 Å². The second kappa shape index (κ2) is 5.54. The van der Waals surface area contributed by atoms with E-state index >= 15 is 0 Å². The molecule has 0 aromatic carbocycles. The Labute approximate surface area is 86.8 Å². The lowest BCUT2D eigenvalue weighted by Gasteiger charge is -1.99. The van der Waals surface area contributed by atoms with Crippen molar-refractivity contribution in [1.29, 1.82) is 0 Å². The first-order valence-corrected chi connectivity index (χ1v) is 4.19. The fourth-order valence-electron chi connectivity index (χ4n) is 0.832. The van der Waals surface area contributed by atoms with Crippen LogP contribution in [0.2, 0.25) is 0 Å². The number of carbonyl (C=O) groups excluding carboxylic acids is 2. The van der Waals surface area contributed by atoms with Gasteiger partial charge < -0.3 is 10.1 Å². The highest BCUT2D eigenvalue weighted by molar-refractivity contribution is 6.02. The first kappa shape index (κ1) is 10.9. The van der Waals surface area contributed by atoms with Gasteiger partial charge >= 0.3 is 5.97 Å². The van der Waals surface area contributed by atoms with Crippen LogP contribution in [0.4, 0.5) is 5.69 Å². The van der Waals surface area contributed by atoms with Gasteiger partial charge in [0.1, 0.15) is 0 Å². The van der Waals surface area contributed by atoms with Crippen LogP contribution < -0.4 is 5.32 Å². The van der Waals surface area contributed by atoms with Crippen molar-refractivity contribution < 1.29 is 14.3 Å². The third-order valence-corrected chi connectivity index (χ3v) is 1.50. The minimum Gasteiger partial charge on any atom is -0.466 e. The molecule has 0 atom stereocenters. The zero-order valence-electron chi connectivity index (χ0n) is 8.14. The molecule has 1 aromatic heterocycles. The smallest absolute Gasteiger partial charge is 0.330 e. The summed E-state index contributed by atoms with van der Waals surface area (Å²) in [7, 11) is 1.24. The molecule has 1 N–H and O–H groups in total. The Hall–Kier alpha value is -2.17. The lowest BCUT2D eigenvalue weighted by molar-refractivity contribution is -0.135.